The van der Waals surface area contributed by atoms with E-state index >= 15 is 0 Å². The summed E-state index contributed by atoms with van der Waals surface area (Å²) >= 11 is 0. The number of nitrogens with zero attached hydrogens (tertiary/aromatic N) is 2. The average molecular weight is 576 g/mol. The molecule has 3 atom stereocenters. The van der Waals surface area contributed by atoms with E-state index in [0.29, 0.717) is 12.1 Å². The fourth-order valence-corrected chi connectivity index (χ4v) is 4.69. The number of carbonyl (C=O) groups excluding carboxylic acids is 2. The van der Waals surface area contributed by atoms with Gasteiger partial charge in [-0.3, -0.25) is 0 Å². The first kappa shape index (κ1) is 31.1. The van der Waals surface area contributed by atoms with Crippen LogP contribution in [0.25, 0.3) is 0 Å². The molecule has 0 radical (unpaired) electrons. The first-order valence-electron chi connectivity index (χ1n) is 12.6. The Morgan fingerprint density at radius 3 is 2.25 bits per heavy atom. The zero-order valence-electron chi connectivity index (χ0n) is 22.1. The van der Waals surface area contributed by atoms with Gasteiger partial charge in [0.25, 0.3) is 0 Å². The SMILES string of the molecule is Cc1ccccc1[C@H]1C[C@@H](OC(=O)NCCO)CCN1C(=O)N(C)[C@@H](C)c1cc(C(F)(F)F)cc(C(F)(F)F)c1. The van der Waals surface area contributed by atoms with Crippen LogP contribution in [0.2, 0.25) is 0 Å². The second kappa shape index (κ2) is 12.4. The van der Waals surface area contributed by atoms with Crippen LogP contribution in [0.4, 0.5) is 35.9 Å². The molecule has 0 aromatic heterocycles. The number of carbonyl (C=O) groups is 2. The fraction of sp³-hybridized carbons (Fsp3) is 0.481. The van der Waals surface area contributed by atoms with Gasteiger partial charge in [0.1, 0.15) is 6.10 Å². The predicted molar refractivity (Wildman–Crippen MR) is 133 cm³/mol. The summed E-state index contributed by atoms with van der Waals surface area (Å²) in [6.07, 6.45) is -10.9. The lowest BCUT2D eigenvalue weighted by Crippen LogP contribution is -2.49. The van der Waals surface area contributed by atoms with E-state index in [1.165, 1.54) is 18.9 Å². The molecule has 220 valence electrons. The third-order valence-corrected chi connectivity index (χ3v) is 6.98. The van der Waals surface area contributed by atoms with E-state index in [2.05, 4.69) is 5.32 Å². The third kappa shape index (κ3) is 7.38. The maximum atomic E-state index is 13.7. The van der Waals surface area contributed by atoms with Crippen LogP contribution in [0.15, 0.2) is 42.5 Å². The number of rotatable bonds is 6. The first-order chi connectivity index (χ1) is 18.6. The molecule has 1 heterocycles. The molecule has 1 aliphatic heterocycles. The zero-order chi connectivity index (χ0) is 29.8. The summed E-state index contributed by atoms with van der Waals surface area (Å²) in [5.74, 6) is 0. The maximum absolute atomic E-state index is 13.7. The van der Waals surface area contributed by atoms with Gasteiger partial charge in [0.2, 0.25) is 0 Å². The molecule has 0 bridgehead atoms. The van der Waals surface area contributed by atoms with Crippen molar-refractivity contribution < 1.29 is 45.8 Å². The van der Waals surface area contributed by atoms with E-state index in [9.17, 15) is 35.9 Å². The molecule has 40 heavy (non-hydrogen) atoms. The minimum absolute atomic E-state index is 0.00562. The number of alkyl halides is 6. The lowest BCUT2D eigenvalue weighted by atomic mass is 9.90. The summed E-state index contributed by atoms with van der Waals surface area (Å²) in [7, 11) is 1.32. The highest BCUT2D eigenvalue weighted by atomic mass is 19.4. The summed E-state index contributed by atoms with van der Waals surface area (Å²) in [5.41, 5.74) is -1.62. The van der Waals surface area contributed by atoms with Gasteiger partial charge in [-0.05, 0) is 48.7 Å². The Bertz CT molecular complexity index is 1170. The van der Waals surface area contributed by atoms with E-state index < -0.39 is 53.8 Å². The van der Waals surface area contributed by atoms with E-state index in [4.69, 9.17) is 9.84 Å². The van der Waals surface area contributed by atoms with Crippen molar-refractivity contribution in [3.63, 3.8) is 0 Å². The molecule has 1 fully saturated rings. The number of ether oxygens (including phenoxy) is 1. The molecule has 7 nitrogen and oxygen atoms in total. The van der Waals surface area contributed by atoms with Gasteiger partial charge in [-0.15, -0.1) is 0 Å². The van der Waals surface area contributed by atoms with Crippen molar-refractivity contribution in [1.29, 1.82) is 0 Å². The van der Waals surface area contributed by atoms with Gasteiger partial charge in [0.05, 0.1) is 29.8 Å². The van der Waals surface area contributed by atoms with Crippen LogP contribution >= 0.6 is 0 Å². The molecular formula is C27H31F6N3O4. The smallest absolute Gasteiger partial charge is 0.416 e. The molecule has 2 aromatic carbocycles. The van der Waals surface area contributed by atoms with Crippen molar-refractivity contribution in [1.82, 2.24) is 15.1 Å². The van der Waals surface area contributed by atoms with Crippen molar-refractivity contribution in [2.75, 3.05) is 26.7 Å². The fourth-order valence-electron chi connectivity index (χ4n) is 4.69. The Balaban J connectivity index is 1.91. The van der Waals surface area contributed by atoms with Gasteiger partial charge in [-0.1, -0.05) is 24.3 Å². The maximum Gasteiger partial charge on any atom is 0.416 e. The van der Waals surface area contributed by atoms with Gasteiger partial charge in [-0.25, -0.2) is 9.59 Å². The van der Waals surface area contributed by atoms with Gasteiger partial charge in [0.15, 0.2) is 0 Å². The summed E-state index contributed by atoms with van der Waals surface area (Å²) in [6, 6.07) is 6.20. The van der Waals surface area contributed by atoms with Crippen LogP contribution in [0, 0.1) is 6.92 Å². The van der Waals surface area contributed by atoms with E-state index in [-0.39, 0.29) is 44.2 Å². The van der Waals surface area contributed by atoms with Crippen molar-refractivity contribution in [2.24, 2.45) is 0 Å². The second-order valence-electron chi connectivity index (χ2n) is 9.68. The second-order valence-corrected chi connectivity index (χ2v) is 9.68. The monoisotopic (exact) mass is 575 g/mol. The molecule has 1 saturated heterocycles. The molecule has 2 aromatic rings. The van der Waals surface area contributed by atoms with Crippen LogP contribution in [-0.2, 0) is 17.1 Å². The van der Waals surface area contributed by atoms with Crippen molar-refractivity contribution in [3.05, 3.63) is 70.3 Å². The number of likely N-dealkylation sites (tertiary alicyclic amines) is 1. The van der Waals surface area contributed by atoms with E-state index in [1.54, 1.807) is 12.1 Å². The predicted octanol–water partition coefficient (Wildman–Crippen LogP) is 6.07. The highest BCUT2D eigenvalue weighted by Crippen LogP contribution is 2.39. The van der Waals surface area contributed by atoms with Crippen molar-refractivity contribution >= 4 is 12.1 Å². The van der Waals surface area contributed by atoms with Crippen LogP contribution in [-0.4, -0.2) is 59.9 Å². The molecule has 1 aliphatic rings. The Kier molecular flexibility index (Phi) is 9.60. The Hall–Kier alpha value is -3.48. The Morgan fingerprint density at radius 2 is 1.70 bits per heavy atom. The van der Waals surface area contributed by atoms with E-state index in [1.807, 2.05) is 19.1 Å². The number of hydrogen-bond acceptors (Lipinski definition) is 4. The molecular weight excluding hydrogens is 544 g/mol. The van der Waals surface area contributed by atoms with Crippen molar-refractivity contribution in [3.8, 4) is 0 Å². The summed E-state index contributed by atoms with van der Waals surface area (Å²) in [4.78, 5) is 28.4. The lowest BCUT2D eigenvalue weighted by molar-refractivity contribution is -0.143. The zero-order valence-corrected chi connectivity index (χ0v) is 22.1. The van der Waals surface area contributed by atoms with Crippen LogP contribution < -0.4 is 5.32 Å². The standard InChI is InChI=1S/C27H31F6N3O4/c1-16-6-4-5-7-22(16)23-15-21(40-24(38)34-9-11-37)8-10-36(23)25(39)35(3)17(2)18-12-19(26(28,29)30)14-20(13-18)27(31,32)33/h4-7,12-14,17,21,23,37H,8-11,15H2,1-3H3,(H,34,38)/t17-,21-,23+/m0/s1. The number of benzene rings is 2. The number of halogens is 6. The van der Waals surface area contributed by atoms with Crippen LogP contribution in [0.3, 0.4) is 0 Å². The van der Waals surface area contributed by atoms with Crippen LogP contribution in [0.5, 0.6) is 0 Å². The number of aliphatic hydroxyl groups excluding tert-OH is 1. The Labute approximate surface area is 227 Å². The number of piperidine rings is 1. The number of alkyl carbamates (subject to hydrolysis) is 1. The summed E-state index contributed by atoms with van der Waals surface area (Å²) < 4.78 is 85.9. The normalized spacial score (nSPS) is 18.7. The molecule has 3 amide bonds. The van der Waals surface area contributed by atoms with Crippen LogP contribution in [0.1, 0.15) is 59.7 Å². The largest absolute Gasteiger partial charge is 0.446 e. The number of amides is 3. The average Bonchev–Trinajstić information content (AvgIpc) is 2.89. The molecule has 0 saturated carbocycles. The van der Waals surface area contributed by atoms with Gasteiger partial charge < -0.3 is 25.0 Å². The number of urea groups is 1. The molecule has 0 unspecified atom stereocenters. The number of aliphatic hydroxyl groups is 1. The third-order valence-electron chi connectivity index (χ3n) is 6.98. The highest BCUT2D eigenvalue weighted by Gasteiger charge is 2.40. The topological polar surface area (TPSA) is 82.1 Å². The summed E-state index contributed by atoms with van der Waals surface area (Å²) in [6.45, 7) is 3.05. The molecule has 0 spiro atoms. The number of nitrogens with one attached hydrogen (secondary N) is 1. The first-order valence-corrected chi connectivity index (χ1v) is 12.6. The molecule has 13 heteroatoms. The number of aryl methyl sites for hydroxylation is 1. The summed E-state index contributed by atoms with van der Waals surface area (Å²) in [5, 5.41) is 11.3. The highest BCUT2D eigenvalue weighted by molar-refractivity contribution is 5.75. The minimum Gasteiger partial charge on any atom is -0.446 e. The van der Waals surface area contributed by atoms with Gasteiger partial charge in [-0.2, -0.15) is 26.3 Å². The molecule has 0 aliphatic carbocycles. The lowest BCUT2D eigenvalue weighted by Gasteiger charge is -2.42. The van der Waals surface area contributed by atoms with Gasteiger partial charge >= 0.3 is 24.5 Å². The van der Waals surface area contributed by atoms with Gasteiger partial charge in [0, 0.05) is 33.0 Å². The van der Waals surface area contributed by atoms with E-state index in [0.717, 1.165) is 16.0 Å². The minimum atomic E-state index is -5.01. The molecule has 2 N–H and O–H groups in total. The quantitative estimate of drug-likeness (QED) is 0.410. The number of hydrogen-bond donors (Lipinski definition) is 2. The Morgan fingerprint density at radius 1 is 1.10 bits per heavy atom. The van der Waals surface area contributed by atoms with Crippen molar-refractivity contribution in [2.45, 2.75) is 57.2 Å². The molecule has 3 rings (SSSR count).